The van der Waals surface area contributed by atoms with Crippen molar-refractivity contribution in [2.75, 3.05) is 7.11 Å². The SMILES string of the molecule is COC1(CC(=O)Cc2cccs2)CCC1. The van der Waals surface area contributed by atoms with Gasteiger partial charge in [0.25, 0.3) is 0 Å². The standard InChI is InChI=1S/C12H16O2S/c1-14-12(5-3-6-12)9-10(13)8-11-4-2-7-15-11/h2,4,7H,3,5-6,8-9H2,1H3. The fraction of sp³-hybridized carbons (Fsp3) is 0.583. The second-order valence-electron chi connectivity index (χ2n) is 4.21. The Bertz CT molecular complexity index is 320. The number of ketones is 1. The van der Waals surface area contributed by atoms with Crippen LogP contribution in [0, 0.1) is 0 Å². The largest absolute Gasteiger partial charge is 0.378 e. The van der Waals surface area contributed by atoms with E-state index in [1.54, 1.807) is 18.4 Å². The van der Waals surface area contributed by atoms with Crippen LogP contribution in [0.15, 0.2) is 17.5 Å². The summed E-state index contributed by atoms with van der Waals surface area (Å²) in [5.74, 6) is 0.305. The van der Waals surface area contributed by atoms with Gasteiger partial charge in [0.1, 0.15) is 5.78 Å². The fourth-order valence-electron chi connectivity index (χ4n) is 2.05. The van der Waals surface area contributed by atoms with E-state index in [1.807, 2.05) is 17.5 Å². The second kappa shape index (κ2) is 4.45. The summed E-state index contributed by atoms with van der Waals surface area (Å²) in [5.41, 5.74) is -0.117. The average molecular weight is 224 g/mol. The molecule has 0 amide bonds. The third-order valence-corrected chi connectivity index (χ3v) is 4.05. The van der Waals surface area contributed by atoms with E-state index in [1.165, 1.54) is 6.42 Å². The molecular weight excluding hydrogens is 208 g/mol. The Balaban J connectivity index is 1.87. The van der Waals surface area contributed by atoms with Crippen molar-refractivity contribution in [1.29, 1.82) is 0 Å². The van der Waals surface area contributed by atoms with Gasteiger partial charge in [-0.3, -0.25) is 4.79 Å². The second-order valence-corrected chi connectivity index (χ2v) is 5.24. The molecule has 3 heteroatoms. The minimum absolute atomic E-state index is 0.117. The first-order valence-electron chi connectivity index (χ1n) is 5.33. The van der Waals surface area contributed by atoms with Gasteiger partial charge in [0.05, 0.1) is 5.60 Å². The lowest BCUT2D eigenvalue weighted by atomic mass is 9.76. The van der Waals surface area contributed by atoms with Gasteiger partial charge in [0.2, 0.25) is 0 Å². The summed E-state index contributed by atoms with van der Waals surface area (Å²) in [6.07, 6.45) is 4.43. The summed E-state index contributed by atoms with van der Waals surface area (Å²) in [7, 11) is 1.72. The number of ether oxygens (including phenoxy) is 1. The number of hydrogen-bond donors (Lipinski definition) is 0. The minimum Gasteiger partial charge on any atom is -0.378 e. The van der Waals surface area contributed by atoms with Crippen LogP contribution < -0.4 is 0 Å². The molecule has 0 N–H and O–H groups in total. The summed E-state index contributed by atoms with van der Waals surface area (Å²) in [4.78, 5) is 13.0. The zero-order valence-electron chi connectivity index (χ0n) is 8.99. The van der Waals surface area contributed by atoms with Gasteiger partial charge in [-0.1, -0.05) is 6.07 Å². The monoisotopic (exact) mass is 224 g/mol. The van der Waals surface area contributed by atoms with Gasteiger partial charge in [-0.2, -0.15) is 0 Å². The number of carbonyl (C=O) groups is 1. The van der Waals surface area contributed by atoms with Crippen molar-refractivity contribution in [3.05, 3.63) is 22.4 Å². The first-order valence-corrected chi connectivity index (χ1v) is 6.21. The van der Waals surface area contributed by atoms with Gasteiger partial charge in [0, 0.05) is 24.8 Å². The molecule has 1 aromatic heterocycles. The molecule has 0 unspecified atom stereocenters. The first kappa shape index (κ1) is 10.8. The van der Waals surface area contributed by atoms with E-state index < -0.39 is 0 Å². The highest BCUT2D eigenvalue weighted by atomic mass is 32.1. The Hall–Kier alpha value is -0.670. The van der Waals surface area contributed by atoms with E-state index in [2.05, 4.69) is 0 Å². The van der Waals surface area contributed by atoms with Gasteiger partial charge in [0.15, 0.2) is 0 Å². The van der Waals surface area contributed by atoms with Crippen LogP contribution >= 0.6 is 11.3 Å². The third-order valence-electron chi connectivity index (χ3n) is 3.17. The minimum atomic E-state index is -0.117. The molecule has 2 rings (SSSR count). The van der Waals surface area contributed by atoms with Crippen molar-refractivity contribution in [2.24, 2.45) is 0 Å². The lowest BCUT2D eigenvalue weighted by Gasteiger charge is -2.40. The topological polar surface area (TPSA) is 26.3 Å². The highest BCUT2D eigenvalue weighted by Crippen LogP contribution is 2.38. The lowest BCUT2D eigenvalue weighted by molar-refractivity contribution is -0.131. The Labute approximate surface area is 94.3 Å². The zero-order valence-corrected chi connectivity index (χ0v) is 9.81. The van der Waals surface area contributed by atoms with Gasteiger partial charge in [-0.05, 0) is 30.7 Å². The molecule has 1 aliphatic carbocycles. The highest BCUT2D eigenvalue weighted by Gasteiger charge is 2.38. The van der Waals surface area contributed by atoms with Crippen LogP contribution in [0.4, 0.5) is 0 Å². The predicted octanol–water partition coefficient (Wildman–Crippen LogP) is 2.82. The molecule has 0 saturated heterocycles. The number of thiophene rings is 1. The fourth-order valence-corrected chi connectivity index (χ4v) is 2.79. The van der Waals surface area contributed by atoms with Crippen molar-refractivity contribution in [3.63, 3.8) is 0 Å². The molecule has 0 spiro atoms. The van der Waals surface area contributed by atoms with E-state index in [9.17, 15) is 4.79 Å². The molecule has 1 aromatic rings. The molecule has 2 nitrogen and oxygen atoms in total. The number of hydrogen-bond acceptors (Lipinski definition) is 3. The molecule has 82 valence electrons. The Morgan fingerprint density at radius 3 is 2.87 bits per heavy atom. The van der Waals surface area contributed by atoms with Crippen LogP contribution in [-0.2, 0) is 16.0 Å². The molecule has 0 bridgehead atoms. The molecule has 0 aliphatic heterocycles. The molecule has 1 saturated carbocycles. The molecular formula is C12H16O2S. The summed E-state index contributed by atoms with van der Waals surface area (Å²) in [5, 5.41) is 2.01. The van der Waals surface area contributed by atoms with Crippen molar-refractivity contribution >= 4 is 17.1 Å². The average Bonchev–Trinajstić information content (AvgIpc) is 2.64. The van der Waals surface area contributed by atoms with Gasteiger partial charge < -0.3 is 4.74 Å². The van der Waals surface area contributed by atoms with Crippen molar-refractivity contribution in [1.82, 2.24) is 0 Å². The number of rotatable bonds is 5. The Morgan fingerprint density at radius 1 is 1.60 bits per heavy atom. The molecule has 0 radical (unpaired) electrons. The molecule has 0 aromatic carbocycles. The summed E-state index contributed by atoms with van der Waals surface area (Å²) in [6.45, 7) is 0. The summed E-state index contributed by atoms with van der Waals surface area (Å²) >= 11 is 1.65. The molecule has 1 aliphatic rings. The molecule has 1 heterocycles. The number of methoxy groups -OCH3 is 1. The quantitative estimate of drug-likeness (QED) is 0.768. The van der Waals surface area contributed by atoms with Crippen LogP contribution in [0.1, 0.15) is 30.6 Å². The Morgan fingerprint density at radius 2 is 2.40 bits per heavy atom. The van der Waals surface area contributed by atoms with Gasteiger partial charge in [-0.15, -0.1) is 11.3 Å². The van der Waals surface area contributed by atoms with Crippen molar-refractivity contribution in [3.8, 4) is 0 Å². The van der Waals surface area contributed by atoms with E-state index >= 15 is 0 Å². The van der Waals surface area contributed by atoms with Gasteiger partial charge in [-0.25, -0.2) is 0 Å². The molecule has 15 heavy (non-hydrogen) atoms. The molecule has 0 atom stereocenters. The van der Waals surface area contributed by atoms with Crippen LogP contribution in [0.5, 0.6) is 0 Å². The van der Waals surface area contributed by atoms with Crippen LogP contribution in [0.25, 0.3) is 0 Å². The maximum Gasteiger partial charge on any atom is 0.140 e. The normalized spacial score (nSPS) is 18.5. The van der Waals surface area contributed by atoms with Crippen LogP contribution in [0.2, 0.25) is 0 Å². The zero-order chi connectivity index (χ0) is 10.7. The van der Waals surface area contributed by atoms with Crippen molar-refractivity contribution < 1.29 is 9.53 Å². The smallest absolute Gasteiger partial charge is 0.140 e. The maximum atomic E-state index is 11.8. The number of Topliss-reactive ketones (excluding diaryl/α,β-unsaturated/α-hetero) is 1. The third kappa shape index (κ3) is 2.47. The number of carbonyl (C=O) groups excluding carboxylic acids is 1. The predicted molar refractivity (Wildman–Crippen MR) is 61.2 cm³/mol. The van der Waals surface area contributed by atoms with E-state index in [0.717, 1.165) is 17.7 Å². The van der Waals surface area contributed by atoms with Crippen molar-refractivity contribution in [2.45, 2.75) is 37.7 Å². The highest BCUT2D eigenvalue weighted by molar-refractivity contribution is 7.10. The summed E-state index contributed by atoms with van der Waals surface area (Å²) < 4.78 is 5.45. The molecule has 1 fully saturated rings. The van der Waals surface area contributed by atoms with E-state index in [-0.39, 0.29) is 5.60 Å². The summed E-state index contributed by atoms with van der Waals surface area (Å²) in [6, 6.07) is 4.01. The Kier molecular flexibility index (Phi) is 3.22. The van der Waals surface area contributed by atoms with Gasteiger partial charge >= 0.3 is 0 Å². The first-order chi connectivity index (χ1) is 7.24. The van der Waals surface area contributed by atoms with E-state index in [0.29, 0.717) is 18.6 Å². The maximum absolute atomic E-state index is 11.8. The van der Waals surface area contributed by atoms with E-state index in [4.69, 9.17) is 4.74 Å². The lowest BCUT2D eigenvalue weighted by Crippen LogP contribution is -2.41. The van der Waals surface area contributed by atoms with Crippen LogP contribution in [-0.4, -0.2) is 18.5 Å². The van der Waals surface area contributed by atoms with Crippen LogP contribution in [0.3, 0.4) is 0 Å².